The first-order valence-corrected chi connectivity index (χ1v) is 6.59. The average molecular weight is 315 g/mol. The van der Waals surface area contributed by atoms with E-state index in [0.717, 1.165) is 11.0 Å². The van der Waals surface area contributed by atoms with Crippen molar-refractivity contribution in [3.05, 3.63) is 22.7 Å². The van der Waals surface area contributed by atoms with Crippen LogP contribution >= 0.6 is 15.9 Å². The van der Waals surface area contributed by atoms with Gasteiger partial charge >= 0.3 is 0 Å². The number of hydrogen-bond acceptors (Lipinski definition) is 3. The lowest BCUT2D eigenvalue weighted by molar-refractivity contribution is -0.121. The van der Waals surface area contributed by atoms with Crippen LogP contribution in [0.4, 0.5) is 5.69 Å². The van der Waals surface area contributed by atoms with E-state index in [4.69, 9.17) is 4.74 Å². The van der Waals surface area contributed by atoms with Crippen molar-refractivity contribution in [1.29, 1.82) is 0 Å². The minimum Gasteiger partial charge on any atom is -0.497 e. The van der Waals surface area contributed by atoms with Gasteiger partial charge in [0.2, 0.25) is 5.91 Å². The van der Waals surface area contributed by atoms with Gasteiger partial charge in [0.25, 0.3) is 0 Å². The summed E-state index contributed by atoms with van der Waals surface area (Å²) in [5, 5.41) is 6.00. The van der Waals surface area contributed by atoms with E-state index in [1.54, 1.807) is 13.2 Å². The van der Waals surface area contributed by atoms with Crippen molar-refractivity contribution in [2.24, 2.45) is 0 Å². The number of benzene rings is 1. The second-order valence-corrected chi connectivity index (χ2v) is 5.40. The molecule has 0 aliphatic heterocycles. The standard InChI is InChI=1S/C13H19BrN2O2/c1-5-15-13(2,3)12(17)16-10-6-9(14)7-11(8-10)18-4/h6-8,15H,5H2,1-4H3,(H,16,17). The van der Waals surface area contributed by atoms with Gasteiger partial charge in [-0.25, -0.2) is 0 Å². The van der Waals surface area contributed by atoms with Gasteiger partial charge in [-0.2, -0.15) is 0 Å². The number of likely N-dealkylation sites (N-methyl/N-ethyl adjacent to an activating group) is 1. The molecule has 4 nitrogen and oxygen atoms in total. The highest BCUT2D eigenvalue weighted by Crippen LogP contribution is 2.25. The average Bonchev–Trinajstić information content (AvgIpc) is 2.27. The van der Waals surface area contributed by atoms with Crippen molar-refractivity contribution in [2.75, 3.05) is 19.0 Å². The Bertz CT molecular complexity index is 433. The van der Waals surface area contributed by atoms with Gasteiger partial charge in [0.05, 0.1) is 12.6 Å². The van der Waals surface area contributed by atoms with E-state index in [9.17, 15) is 4.79 Å². The van der Waals surface area contributed by atoms with Crippen LogP contribution in [0, 0.1) is 0 Å². The predicted molar refractivity (Wildman–Crippen MR) is 77.1 cm³/mol. The van der Waals surface area contributed by atoms with Gasteiger partial charge in [-0.1, -0.05) is 22.9 Å². The zero-order valence-corrected chi connectivity index (χ0v) is 12.7. The summed E-state index contributed by atoms with van der Waals surface area (Å²) < 4.78 is 6.01. The molecule has 2 N–H and O–H groups in total. The molecular formula is C13H19BrN2O2. The highest BCUT2D eigenvalue weighted by Gasteiger charge is 2.26. The fraction of sp³-hybridized carbons (Fsp3) is 0.462. The molecule has 0 heterocycles. The van der Waals surface area contributed by atoms with E-state index in [1.165, 1.54) is 0 Å². The Kier molecular flexibility index (Phi) is 5.16. The molecule has 18 heavy (non-hydrogen) atoms. The third-order valence-electron chi connectivity index (χ3n) is 2.55. The molecule has 1 aromatic rings. The first-order valence-electron chi connectivity index (χ1n) is 5.80. The number of hydrogen-bond donors (Lipinski definition) is 2. The Hall–Kier alpha value is -1.07. The molecule has 100 valence electrons. The predicted octanol–water partition coefficient (Wildman–Crippen LogP) is 2.78. The van der Waals surface area contributed by atoms with Crippen LogP contribution in [-0.4, -0.2) is 25.1 Å². The summed E-state index contributed by atoms with van der Waals surface area (Å²) in [5.74, 6) is 0.616. The Morgan fingerprint density at radius 1 is 1.39 bits per heavy atom. The monoisotopic (exact) mass is 314 g/mol. The number of anilines is 1. The molecule has 0 saturated carbocycles. The van der Waals surface area contributed by atoms with Crippen molar-refractivity contribution >= 4 is 27.5 Å². The van der Waals surface area contributed by atoms with Crippen LogP contribution < -0.4 is 15.4 Å². The van der Waals surface area contributed by atoms with Crippen molar-refractivity contribution in [1.82, 2.24) is 5.32 Å². The van der Waals surface area contributed by atoms with Crippen LogP contribution in [0.1, 0.15) is 20.8 Å². The molecule has 5 heteroatoms. The molecule has 1 amide bonds. The Morgan fingerprint density at radius 3 is 2.61 bits per heavy atom. The molecule has 0 radical (unpaired) electrons. The fourth-order valence-electron chi connectivity index (χ4n) is 1.56. The second-order valence-electron chi connectivity index (χ2n) is 4.49. The van der Waals surface area contributed by atoms with E-state index in [0.29, 0.717) is 11.4 Å². The molecule has 0 aliphatic carbocycles. The van der Waals surface area contributed by atoms with Crippen molar-refractivity contribution in [3.8, 4) is 5.75 Å². The minimum atomic E-state index is -0.607. The Morgan fingerprint density at radius 2 is 2.06 bits per heavy atom. The quantitative estimate of drug-likeness (QED) is 0.878. The highest BCUT2D eigenvalue weighted by atomic mass is 79.9. The summed E-state index contributed by atoms with van der Waals surface area (Å²) in [5.41, 5.74) is 0.0989. The zero-order valence-electron chi connectivity index (χ0n) is 11.1. The van der Waals surface area contributed by atoms with Crippen LogP contribution in [0.3, 0.4) is 0 Å². The van der Waals surface area contributed by atoms with Gasteiger partial charge in [0.1, 0.15) is 5.75 Å². The molecule has 0 spiro atoms. The summed E-state index contributed by atoms with van der Waals surface area (Å²) in [7, 11) is 1.59. The van der Waals surface area contributed by atoms with Crippen LogP contribution in [-0.2, 0) is 4.79 Å². The number of carbonyl (C=O) groups excluding carboxylic acids is 1. The van der Waals surface area contributed by atoms with E-state index in [2.05, 4.69) is 26.6 Å². The molecule has 0 atom stereocenters. The third kappa shape index (κ3) is 3.99. The van der Waals surface area contributed by atoms with Crippen molar-refractivity contribution < 1.29 is 9.53 Å². The molecule has 1 rings (SSSR count). The third-order valence-corrected chi connectivity index (χ3v) is 3.01. The molecule has 0 saturated heterocycles. The van der Waals surface area contributed by atoms with Gasteiger partial charge < -0.3 is 15.4 Å². The van der Waals surface area contributed by atoms with Crippen LogP contribution in [0.2, 0.25) is 0 Å². The van der Waals surface area contributed by atoms with E-state index in [-0.39, 0.29) is 5.91 Å². The topological polar surface area (TPSA) is 50.4 Å². The molecule has 0 aliphatic rings. The zero-order chi connectivity index (χ0) is 13.8. The fourth-order valence-corrected chi connectivity index (χ4v) is 2.03. The summed E-state index contributed by atoms with van der Waals surface area (Å²) >= 11 is 3.38. The highest BCUT2D eigenvalue weighted by molar-refractivity contribution is 9.10. The summed E-state index contributed by atoms with van der Waals surface area (Å²) in [6.07, 6.45) is 0. The minimum absolute atomic E-state index is 0.0792. The number of amides is 1. The summed E-state index contributed by atoms with van der Waals surface area (Å²) in [4.78, 5) is 12.1. The van der Waals surface area contributed by atoms with Crippen LogP contribution in [0.5, 0.6) is 5.75 Å². The van der Waals surface area contributed by atoms with Crippen LogP contribution in [0.25, 0.3) is 0 Å². The van der Waals surface area contributed by atoms with E-state index in [1.807, 2.05) is 32.9 Å². The lowest BCUT2D eigenvalue weighted by Crippen LogP contribution is -2.49. The Balaban J connectivity index is 2.84. The second kappa shape index (κ2) is 6.20. The summed E-state index contributed by atoms with van der Waals surface area (Å²) in [6.45, 7) is 6.40. The maximum atomic E-state index is 12.1. The van der Waals surface area contributed by atoms with Gasteiger partial charge in [0.15, 0.2) is 0 Å². The number of rotatable bonds is 5. The molecular weight excluding hydrogens is 296 g/mol. The molecule has 1 aromatic carbocycles. The number of carbonyl (C=O) groups is 1. The van der Waals surface area contributed by atoms with E-state index < -0.39 is 5.54 Å². The van der Waals surface area contributed by atoms with Crippen molar-refractivity contribution in [2.45, 2.75) is 26.3 Å². The van der Waals surface area contributed by atoms with Gasteiger partial charge in [-0.05, 0) is 32.5 Å². The number of methoxy groups -OCH3 is 1. The molecule has 0 aromatic heterocycles. The number of halogens is 1. The number of nitrogens with one attached hydrogen (secondary N) is 2. The Labute approximate surface area is 116 Å². The first-order chi connectivity index (χ1) is 8.39. The van der Waals surface area contributed by atoms with Gasteiger partial charge in [0, 0.05) is 16.2 Å². The smallest absolute Gasteiger partial charge is 0.244 e. The molecule has 0 unspecified atom stereocenters. The maximum absolute atomic E-state index is 12.1. The van der Waals surface area contributed by atoms with Crippen LogP contribution in [0.15, 0.2) is 22.7 Å². The summed E-state index contributed by atoms with van der Waals surface area (Å²) in [6, 6.07) is 5.46. The van der Waals surface area contributed by atoms with Gasteiger partial charge in [-0.3, -0.25) is 4.79 Å². The SMILES string of the molecule is CCNC(C)(C)C(=O)Nc1cc(Br)cc(OC)c1. The number of ether oxygens (including phenoxy) is 1. The molecule has 0 fully saturated rings. The maximum Gasteiger partial charge on any atom is 0.244 e. The van der Waals surface area contributed by atoms with E-state index >= 15 is 0 Å². The van der Waals surface area contributed by atoms with Crippen molar-refractivity contribution in [3.63, 3.8) is 0 Å². The lowest BCUT2D eigenvalue weighted by Gasteiger charge is -2.24. The largest absolute Gasteiger partial charge is 0.497 e. The lowest BCUT2D eigenvalue weighted by atomic mass is 10.0. The normalized spacial score (nSPS) is 11.2. The first kappa shape index (κ1) is 15.0. The molecule has 0 bridgehead atoms. The van der Waals surface area contributed by atoms with Gasteiger partial charge in [-0.15, -0.1) is 0 Å².